The Morgan fingerprint density at radius 1 is 1.42 bits per heavy atom. The molecule has 1 N–H and O–H groups in total. The molecule has 0 radical (unpaired) electrons. The molecule has 2 heterocycles. The van der Waals surface area contributed by atoms with Gasteiger partial charge in [-0.25, -0.2) is 9.18 Å². The predicted molar refractivity (Wildman–Crippen MR) is 94.1 cm³/mol. The molecule has 2 aromatic heterocycles. The number of pyridine rings is 1. The standard InChI is InChI=1S/C17H15BrFN3O2/c1-3-24-17(23)16-15(11-9-20-7-6-14(11)22(16)2)21-13-5-4-10(18)8-12(13)19/h4-9,21H,3H2,1-2H3. The minimum atomic E-state index is -0.476. The van der Waals surface area contributed by atoms with E-state index in [0.717, 1.165) is 5.52 Å². The van der Waals surface area contributed by atoms with Gasteiger partial charge in [-0.3, -0.25) is 4.98 Å². The number of fused-ring (bicyclic) bond motifs is 1. The molecule has 24 heavy (non-hydrogen) atoms. The zero-order chi connectivity index (χ0) is 17.3. The quantitative estimate of drug-likeness (QED) is 0.669. The normalized spacial score (nSPS) is 10.8. The SMILES string of the molecule is CCOC(=O)c1c(Nc2ccc(Br)cc2F)c2cnccc2n1C. The van der Waals surface area contributed by atoms with Gasteiger partial charge < -0.3 is 14.6 Å². The fraction of sp³-hybridized carbons (Fsp3) is 0.176. The van der Waals surface area contributed by atoms with Gasteiger partial charge in [0.2, 0.25) is 0 Å². The van der Waals surface area contributed by atoms with Gasteiger partial charge in [-0.15, -0.1) is 0 Å². The van der Waals surface area contributed by atoms with Crippen molar-refractivity contribution >= 4 is 44.2 Å². The molecule has 0 amide bonds. The van der Waals surface area contributed by atoms with Crippen molar-refractivity contribution in [2.24, 2.45) is 7.05 Å². The third kappa shape index (κ3) is 2.87. The number of halogens is 2. The minimum Gasteiger partial charge on any atom is -0.461 e. The summed E-state index contributed by atoms with van der Waals surface area (Å²) in [6.07, 6.45) is 3.28. The maximum atomic E-state index is 14.2. The summed E-state index contributed by atoms with van der Waals surface area (Å²) in [5.74, 6) is -0.906. The highest BCUT2D eigenvalue weighted by atomic mass is 79.9. The lowest BCUT2D eigenvalue weighted by molar-refractivity contribution is 0.0517. The van der Waals surface area contributed by atoms with Crippen LogP contribution in [0.3, 0.4) is 0 Å². The summed E-state index contributed by atoms with van der Waals surface area (Å²) in [5, 5.41) is 3.73. The molecule has 0 atom stereocenters. The fourth-order valence-corrected chi connectivity index (χ4v) is 2.91. The lowest BCUT2D eigenvalue weighted by Gasteiger charge is -2.10. The van der Waals surface area contributed by atoms with Gasteiger partial charge in [0.15, 0.2) is 5.69 Å². The number of aromatic nitrogens is 2. The first-order chi connectivity index (χ1) is 11.5. The highest BCUT2D eigenvalue weighted by Crippen LogP contribution is 2.34. The van der Waals surface area contributed by atoms with Crippen molar-refractivity contribution in [2.75, 3.05) is 11.9 Å². The van der Waals surface area contributed by atoms with Crippen molar-refractivity contribution < 1.29 is 13.9 Å². The molecule has 3 aromatic rings. The Morgan fingerprint density at radius 2 is 2.21 bits per heavy atom. The molecule has 0 aliphatic rings. The molecule has 0 aliphatic carbocycles. The number of hydrogen-bond acceptors (Lipinski definition) is 4. The van der Waals surface area contributed by atoms with Gasteiger partial charge in [-0.05, 0) is 31.2 Å². The smallest absolute Gasteiger partial charge is 0.357 e. The number of ether oxygens (including phenoxy) is 1. The van der Waals surface area contributed by atoms with Crippen LogP contribution in [-0.4, -0.2) is 22.1 Å². The van der Waals surface area contributed by atoms with Gasteiger partial charge in [0.1, 0.15) is 5.82 Å². The molecule has 124 valence electrons. The number of carbonyl (C=O) groups excluding carboxylic acids is 1. The summed E-state index contributed by atoms with van der Waals surface area (Å²) in [6.45, 7) is 1.99. The molecular formula is C17H15BrFN3O2. The maximum Gasteiger partial charge on any atom is 0.357 e. The second-order valence-corrected chi connectivity index (χ2v) is 6.06. The van der Waals surface area contributed by atoms with Crippen LogP contribution in [0.1, 0.15) is 17.4 Å². The largest absolute Gasteiger partial charge is 0.461 e. The van der Waals surface area contributed by atoms with E-state index in [1.54, 1.807) is 49.1 Å². The Hall–Kier alpha value is -2.41. The fourth-order valence-electron chi connectivity index (χ4n) is 2.58. The number of benzene rings is 1. The molecular weight excluding hydrogens is 377 g/mol. The van der Waals surface area contributed by atoms with Gasteiger partial charge in [0.25, 0.3) is 0 Å². The highest BCUT2D eigenvalue weighted by Gasteiger charge is 2.23. The van der Waals surface area contributed by atoms with Crippen molar-refractivity contribution in [1.82, 2.24) is 9.55 Å². The van der Waals surface area contributed by atoms with E-state index in [1.807, 2.05) is 0 Å². The molecule has 0 unspecified atom stereocenters. The van der Waals surface area contributed by atoms with Crippen LogP contribution in [-0.2, 0) is 11.8 Å². The molecule has 0 aliphatic heterocycles. The molecule has 0 fully saturated rings. The van der Waals surface area contributed by atoms with Crippen LogP contribution >= 0.6 is 15.9 Å². The monoisotopic (exact) mass is 391 g/mol. The zero-order valence-corrected chi connectivity index (χ0v) is 14.7. The molecule has 5 nitrogen and oxygen atoms in total. The summed E-state index contributed by atoms with van der Waals surface area (Å²) >= 11 is 3.23. The van der Waals surface area contributed by atoms with Crippen LogP contribution in [0.15, 0.2) is 41.1 Å². The molecule has 0 saturated carbocycles. The van der Waals surface area contributed by atoms with E-state index in [0.29, 0.717) is 21.2 Å². The van der Waals surface area contributed by atoms with Gasteiger partial charge in [-0.1, -0.05) is 15.9 Å². The van der Waals surface area contributed by atoms with E-state index in [1.165, 1.54) is 6.07 Å². The van der Waals surface area contributed by atoms with E-state index in [-0.39, 0.29) is 12.3 Å². The Morgan fingerprint density at radius 3 is 2.92 bits per heavy atom. The third-order valence-electron chi connectivity index (χ3n) is 3.66. The summed E-state index contributed by atoms with van der Waals surface area (Å²) < 4.78 is 21.7. The molecule has 1 aromatic carbocycles. The topological polar surface area (TPSA) is 56.1 Å². The van der Waals surface area contributed by atoms with Gasteiger partial charge in [-0.2, -0.15) is 0 Å². The van der Waals surface area contributed by atoms with E-state index in [9.17, 15) is 9.18 Å². The minimum absolute atomic E-state index is 0.255. The van der Waals surface area contributed by atoms with Crippen LogP contribution < -0.4 is 5.32 Å². The Kier molecular flexibility index (Phi) is 4.53. The van der Waals surface area contributed by atoms with Crippen molar-refractivity contribution in [2.45, 2.75) is 6.92 Å². The zero-order valence-electron chi connectivity index (χ0n) is 13.1. The first-order valence-corrected chi connectivity index (χ1v) is 8.13. The molecule has 0 spiro atoms. The molecule has 0 saturated heterocycles. The van der Waals surface area contributed by atoms with Gasteiger partial charge >= 0.3 is 5.97 Å². The van der Waals surface area contributed by atoms with Gasteiger partial charge in [0.05, 0.1) is 23.5 Å². The maximum absolute atomic E-state index is 14.2. The number of esters is 1. The van der Waals surface area contributed by atoms with Gasteiger partial charge in [0, 0.05) is 29.3 Å². The van der Waals surface area contributed by atoms with Crippen LogP contribution in [0.5, 0.6) is 0 Å². The number of carbonyl (C=O) groups is 1. The Bertz CT molecular complexity index is 924. The summed E-state index contributed by atoms with van der Waals surface area (Å²) in [7, 11) is 1.76. The second-order valence-electron chi connectivity index (χ2n) is 5.15. The number of aryl methyl sites for hydroxylation is 1. The average molecular weight is 392 g/mol. The first-order valence-electron chi connectivity index (χ1n) is 7.34. The van der Waals surface area contributed by atoms with Crippen LogP contribution in [0.25, 0.3) is 10.9 Å². The summed E-state index contributed by atoms with van der Waals surface area (Å²) in [4.78, 5) is 16.5. The average Bonchev–Trinajstić information content (AvgIpc) is 2.83. The van der Waals surface area contributed by atoms with Crippen LogP contribution in [0, 0.1) is 5.82 Å². The summed E-state index contributed by atoms with van der Waals surface area (Å²) in [5.41, 5.74) is 1.86. The summed E-state index contributed by atoms with van der Waals surface area (Å²) in [6, 6.07) is 6.47. The van der Waals surface area contributed by atoms with Crippen LogP contribution in [0.4, 0.5) is 15.8 Å². The number of hydrogen-bond donors (Lipinski definition) is 1. The van der Waals surface area contributed by atoms with E-state index >= 15 is 0 Å². The van der Waals surface area contributed by atoms with E-state index < -0.39 is 11.8 Å². The lowest BCUT2D eigenvalue weighted by Crippen LogP contribution is -2.12. The number of anilines is 2. The molecule has 7 heteroatoms. The number of nitrogens with zero attached hydrogens (tertiary/aromatic N) is 2. The second kappa shape index (κ2) is 6.60. The van der Waals surface area contributed by atoms with Crippen molar-refractivity contribution in [3.05, 3.63) is 52.6 Å². The Labute approximate surface area is 146 Å². The molecule has 3 rings (SSSR count). The number of nitrogens with one attached hydrogen (secondary N) is 1. The first kappa shape index (κ1) is 16.4. The lowest BCUT2D eigenvalue weighted by atomic mass is 10.2. The van der Waals surface area contributed by atoms with E-state index in [4.69, 9.17) is 4.74 Å². The highest BCUT2D eigenvalue weighted by molar-refractivity contribution is 9.10. The van der Waals surface area contributed by atoms with Crippen molar-refractivity contribution in [1.29, 1.82) is 0 Å². The van der Waals surface area contributed by atoms with Crippen molar-refractivity contribution in [3.63, 3.8) is 0 Å². The Balaban J connectivity index is 2.18. The van der Waals surface area contributed by atoms with E-state index in [2.05, 4.69) is 26.2 Å². The van der Waals surface area contributed by atoms with Crippen molar-refractivity contribution in [3.8, 4) is 0 Å². The number of rotatable bonds is 4. The van der Waals surface area contributed by atoms with Crippen LogP contribution in [0.2, 0.25) is 0 Å². The predicted octanol–water partition coefficient (Wildman–Crippen LogP) is 4.40. The third-order valence-corrected chi connectivity index (χ3v) is 4.15. The molecule has 0 bridgehead atoms.